The molecule has 3 heteroatoms. The van der Waals surface area contributed by atoms with Crippen molar-refractivity contribution in [2.75, 3.05) is 32.9 Å². The zero-order valence-corrected chi connectivity index (χ0v) is 7.79. The van der Waals surface area contributed by atoms with Gasteiger partial charge in [0.1, 0.15) is 0 Å². The molecule has 0 unspecified atom stereocenters. The second-order valence-corrected chi connectivity index (χ2v) is 2.94. The van der Waals surface area contributed by atoms with Crippen LogP contribution in [0.15, 0.2) is 0 Å². The SMILES string of the molecule is CCOCCOC1CC[N]CC1. The van der Waals surface area contributed by atoms with Gasteiger partial charge in [-0.3, -0.25) is 0 Å². The maximum Gasteiger partial charge on any atom is 0.0704 e. The zero-order chi connectivity index (χ0) is 8.65. The first-order valence-electron chi connectivity index (χ1n) is 4.76. The molecule has 0 atom stereocenters. The van der Waals surface area contributed by atoms with Gasteiger partial charge in [-0.2, -0.15) is 0 Å². The second-order valence-electron chi connectivity index (χ2n) is 2.94. The summed E-state index contributed by atoms with van der Waals surface area (Å²) in [5.41, 5.74) is 0. The molecule has 12 heavy (non-hydrogen) atoms. The first kappa shape index (κ1) is 9.96. The van der Waals surface area contributed by atoms with E-state index < -0.39 is 0 Å². The highest BCUT2D eigenvalue weighted by Crippen LogP contribution is 2.07. The Balaban J connectivity index is 1.91. The van der Waals surface area contributed by atoms with Crippen molar-refractivity contribution < 1.29 is 9.47 Å². The fourth-order valence-corrected chi connectivity index (χ4v) is 1.31. The van der Waals surface area contributed by atoms with Crippen molar-refractivity contribution in [2.45, 2.75) is 25.9 Å². The Morgan fingerprint density at radius 1 is 1.25 bits per heavy atom. The molecule has 0 amide bonds. The highest BCUT2D eigenvalue weighted by molar-refractivity contribution is 4.67. The number of hydrogen-bond donors (Lipinski definition) is 0. The fraction of sp³-hybridized carbons (Fsp3) is 1.00. The Bertz CT molecular complexity index is 103. The van der Waals surface area contributed by atoms with Crippen molar-refractivity contribution in [3.05, 3.63) is 0 Å². The molecule has 1 aliphatic heterocycles. The van der Waals surface area contributed by atoms with Crippen LogP contribution in [0.5, 0.6) is 0 Å². The molecule has 0 bridgehead atoms. The van der Waals surface area contributed by atoms with E-state index in [0.29, 0.717) is 6.10 Å². The molecule has 1 rings (SSSR count). The van der Waals surface area contributed by atoms with Gasteiger partial charge in [0.25, 0.3) is 0 Å². The maximum atomic E-state index is 5.60. The molecule has 3 nitrogen and oxygen atoms in total. The number of rotatable bonds is 5. The van der Waals surface area contributed by atoms with Gasteiger partial charge in [-0.25, -0.2) is 5.32 Å². The molecule has 1 saturated heterocycles. The number of hydrogen-bond acceptors (Lipinski definition) is 2. The number of piperidine rings is 1. The van der Waals surface area contributed by atoms with Crippen LogP contribution in [0.1, 0.15) is 19.8 Å². The number of ether oxygens (including phenoxy) is 2. The van der Waals surface area contributed by atoms with E-state index >= 15 is 0 Å². The maximum absolute atomic E-state index is 5.60. The monoisotopic (exact) mass is 172 g/mol. The molecule has 0 spiro atoms. The first-order valence-corrected chi connectivity index (χ1v) is 4.76. The Labute approximate surface area is 74.4 Å². The predicted octanol–water partition coefficient (Wildman–Crippen LogP) is 0.806. The minimum absolute atomic E-state index is 0.433. The summed E-state index contributed by atoms with van der Waals surface area (Å²) < 4.78 is 10.8. The average Bonchev–Trinajstić information content (AvgIpc) is 2.14. The summed E-state index contributed by atoms with van der Waals surface area (Å²) in [6.45, 7) is 6.18. The van der Waals surface area contributed by atoms with Gasteiger partial charge in [0.05, 0.1) is 19.3 Å². The average molecular weight is 172 g/mol. The van der Waals surface area contributed by atoms with E-state index in [2.05, 4.69) is 5.32 Å². The van der Waals surface area contributed by atoms with E-state index in [1.807, 2.05) is 6.92 Å². The van der Waals surface area contributed by atoms with Crippen LogP contribution in [-0.2, 0) is 9.47 Å². The second kappa shape index (κ2) is 6.40. The van der Waals surface area contributed by atoms with Crippen LogP contribution in [0.25, 0.3) is 0 Å². The summed E-state index contributed by atoms with van der Waals surface area (Å²) in [4.78, 5) is 0. The highest BCUT2D eigenvalue weighted by Gasteiger charge is 2.13. The van der Waals surface area contributed by atoms with Gasteiger partial charge in [0.15, 0.2) is 0 Å². The third-order valence-corrected chi connectivity index (χ3v) is 2.00. The minimum atomic E-state index is 0.433. The largest absolute Gasteiger partial charge is 0.379 e. The standard InChI is InChI=1S/C9H18NO2/c1-2-11-7-8-12-9-3-5-10-6-4-9/h9H,2-8H2,1H3. The lowest BCUT2D eigenvalue weighted by molar-refractivity contribution is -0.00521. The van der Waals surface area contributed by atoms with Crippen molar-refractivity contribution in [1.29, 1.82) is 0 Å². The van der Waals surface area contributed by atoms with Crippen LogP contribution in [0.4, 0.5) is 0 Å². The van der Waals surface area contributed by atoms with Crippen molar-refractivity contribution in [2.24, 2.45) is 0 Å². The summed E-state index contributed by atoms with van der Waals surface area (Å²) in [7, 11) is 0. The van der Waals surface area contributed by atoms with E-state index in [-0.39, 0.29) is 0 Å². The van der Waals surface area contributed by atoms with E-state index in [1.54, 1.807) is 0 Å². The van der Waals surface area contributed by atoms with Crippen molar-refractivity contribution >= 4 is 0 Å². The molecule has 71 valence electrons. The molecule has 1 heterocycles. The van der Waals surface area contributed by atoms with Crippen molar-refractivity contribution in [3.63, 3.8) is 0 Å². The van der Waals surface area contributed by atoms with Gasteiger partial charge in [-0.15, -0.1) is 0 Å². The highest BCUT2D eigenvalue weighted by atomic mass is 16.5. The molecule has 0 aromatic rings. The summed E-state index contributed by atoms with van der Waals surface area (Å²) >= 11 is 0. The van der Waals surface area contributed by atoms with Crippen LogP contribution in [-0.4, -0.2) is 39.0 Å². The molecule has 0 saturated carbocycles. The predicted molar refractivity (Wildman–Crippen MR) is 47.3 cm³/mol. The lowest BCUT2D eigenvalue weighted by Crippen LogP contribution is -2.29. The molecule has 0 aromatic heterocycles. The Morgan fingerprint density at radius 2 is 2.00 bits per heavy atom. The molecule has 1 fully saturated rings. The van der Waals surface area contributed by atoms with Crippen LogP contribution in [0.2, 0.25) is 0 Å². The molecule has 1 radical (unpaired) electrons. The molecular formula is C9H18NO2. The van der Waals surface area contributed by atoms with Gasteiger partial charge in [-0.1, -0.05) is 0 Å². The third kappa shape index (κ3) is 4.04. The molecule has 0 aromatic carbocycles. The van der Waals surface area contributed by atoms with Gasteiger partial charge in [0, 0.05) is 19.7 Å². The van der Waals surface area contributed by atoms with E-state index in [4.69, 9.17) is 9.47 Å². The summed E-state index contributed by atoms with van der Waals surface area (Å²) in [5, 5.41) is 4.26. The van der Waals surface area contributed by atoms with Crippen molar-refractivity contribution in [1.82, 2.24) is 5.32 Å². The third-order valence-electron chi connectivity index (χ3n) is 2.00. The summed E-state index contributed by atoms with van der Waals surface area (Å²) in [5.74, 6) is 0. The van der Waals surface area contributed by atoms with Gasteiger partial charge in [0.2, 0.25) is 0 Å². The minimum Gasteiger partial charge on any atom is -0.379 e. The topological polar surface area (TPSA) is 32.6 Å². The van der Waals surface area contributed by atoms with E-state index in [1.165, 1.54) is 0 Å². The quantitative estimate of drug-likeness (QED) is 0.575. The molecular weight excluding hydrogens is 154 g/mol. The fourth-order valence-electron chi connectivity index (χ4n) is 1.31. The van der Waals surface area contributed by atoms with Crippen LogP contribution in [0.3, 0.4) is 0 Å². The zero-order valence-electron chi connectivity index (χ0n) is 7.79. The van der Waals surface area contributed by atoms with Gasteiger partial charge >= 0.3 is 0 Å². The summed E-state index contributed by atoms with van der Waals surface area (Å²) in [6, 6.07) is 0. The number of nitrogens with zero attached hydrogens (tertiary/aromatic N) is 1. The van der Waals surface area contributed by atoms with Crippen molar-refractivity contribution in [3.8, 4) is 0 Å². The first-order chi connectivity index (χ1) is 5.93. The van der Waals surface area contributed by atoms with E-state index in [0.717, 1.165) is 45.8 Å². The molecule has 0 aliphatic carbocycles. The Morgan fingerprint density at radius 3 is 2.67 bits per heavy atom. The smallest absolute Gasteiger partial charge is 0.0704 e. The van der Waals surface area contributed by atoms with Gasteiger partial charge < -0.3 is 9.47 Å². The van der Waals surface area contributed by atoms with Gasteiger partial charge in [-0.05, 0) is 19.8 Å². The van der Waals surface area contributed by atoms with Crippen LogP contribution >= 0.6 is 0 Å². The lowest BCUT2D eigenvalue weighted by Gasteiger charge is -2.21. The Hall–Kier alpha value is -0.120. The lowest BCUT2D eigenvalue weighted by atomic mass is 10.1. The van der Waals surface area contributed by atoms with Crippen LogP contribution < -0.4 is 5.32 Å². The molecule has 1 aliphatic rings. The molecule has 0 N–H and O–H groups in total. The Kier molecular flexibility index (Phi) is 5.32. The van der Waals surface area contributed by atoms with E-state index in [9.17, 15) is 0 Å². The normalized spacial score (nSPS) is 19.8. The summed E-state index contributed by atoms with van der Waals surface area (Å²) in [6.07, 6.45) is 2.61. The van der Waals surface area contributed by atoms with Crippen LogP contribution in [0, 0.1) is 0 Å².